The van der Waals surface area contributed by atoms with Gasteiger partial charge >= 0.3 is 5.97 Å². The number of aliphatic carboxylic acids is 1. The zero-order valence-electron chi connectivity index (χ0n) is 19.6. The van der Waals surface area contributed by atoms with E-state index in [4.69, 9.17) is 11.6 Å². The molecule has 0 saturated carbocycles. The van der Waals surface area contributed by atoms with E-state index in [0.29, 0.717) is 36.9 Å². The Morgan fingerprint density at radius 1 is 1.11 bits per heavy atom. The predicted octanol–water partition coefficient (Wildman–Crippen LogP) is 2.08. The highest BCUT2D eigenvalue weighted by molar-refractivity contribution is 6.30. The molecular formula is C24H34Cl2N4O5. The molecule has 1 aromatic carbocycles. The van der Waals surface area contributed by atoms with Gasteiger partial charge in [-0.05, 0) is 75.4 Å². The molecule has 0 bridgehead atoms. The van der Waals surface area contributed by atoms with E-state index in [9.17, 15) is 24.3 Å². The van der Waals surface area contributed by atoms with Crippen LogP contribution in [0.3, 0.4) is 0 Å². The number of piperidine rings is 2. The van der Waals surface area contributed by atoms with Crippen LogP contribution in [0, 0.1) is 11.8 Å². The maximum atomic E-state index is 12.7. The fraction of sp³-hybridized carbons (Fsp3) is 0.583. The molecule has 2 aliphatic heterocycles. The van der Waals surface area contributed by atoms with Gasteiger partial charge in [0.25, 0.3) is 5.91 Å². The third-order valence-electron chi connectivity index (χ3n) is 6.56. The summed E-state index contributed by atoms with van der Waals surface area (Å²) >= 11 is 5.81. The molecule has 0 aliphatic carbocycles. The van der Waals surface area contributed by atoms with Gasteiger partial charge in [0.15, 0.2) is 0 Å². The Morgan fingerprint density at radius 3 is 2.46 bits per heavy atom. The maximum Gasteiger partial charge on any atom is 0.328 e. The number of rotatable bonds is 9. The first-order valence-electron chi connectivity index (χ1n) is 11.9. The zero-order valence-corrected chi connectivity index (χ0v) is 21.2. The van der Waals surface area contributed by atoms with Crippen LogP contribution in [0.1, 0.15) is 48.9 Å². The van der Waals surface area contributed by atoms with E-state index in [1.807, 2.05) is 0 Å². The number of carboxylic acid groups (broad SMARTS) is 1. The minimum Gasteiger partial charge on any atom is -0.480 e. The quantitative estimate of drug-likeness (QED) is 0.388. The lowest BCUT2D eigenvalue weighted by atomic mass is 9.92. The number of hydrogen-bond donors (Lipinski definition) is 4. The van der Waals surface area contributed by atoms with E-state index in [0.717, 1.165) is 38.8 Å². The lowest BCUT2D eigenvalue weighted by molar-refractivity contribution is -0.139. The summed E-state index contributed by atoms with van der Waals surface area (Å²) in [7, 11) is 0. The van der Waals surface area contributed by atoms with Crippen LogP contribution in [0.4, 0.5) is 0 Å². The van der Waals surface area contributed by atoms with Gasteiger partial charge in [0.1, 0.15) is 6.04 Å². The number of hydrogen-bond acceptors (Lipinski definition) is 5. The molecule has 2 fully saturated rings. The summed E-state index contributed by atoms with van der Waals surface area (Å²) < 4.78 is 0. The molecular weight excluding hydrogens is 495 g/mol. The molecule has 3 amide bonds. The van der Waals surface area contributed by atoms with Crippen LogP contribution in [0.2, 0.25) is 5.02 Å². The molecule has 35 heavy (non-hydrogen) atoms. The molecule has 3 rings (SSSR count). The second-order valence-electron chi connectivity index (χ2n) is 9.03. The van der Waals surface area contributed by atoms with E-state index in [1.165, 1.54) is 24.3 Å². The highest BCUT2D eigenvalue weighted by Gasteiger charge is 2.30. The molecule has 1 aromatic rings. The van der Waals surface area contributed by atoms with Crippen LogP contribution >= 0.6 is 24.0 Å². The van der Waals surface area contributed by atoms with Gasteiger partial charge in [-0.25, -0.2) is 4.79 Å². The van der Waals surface area contributed by atoms with Crippen molar-refractivity contribution in [2.45, 2.75) is 44.6 Å². The molecule has 4 N–H and O–H groups in total. The van der Waals surface area contributed by atoms with Gasteiger partial charge in [0.2, 0.25) is 11.8 Å². The summed E-state index contributed by atoms with van der Waals surface area (Å²) in [4.78, 5) is 51.1. The standard InChI is InChI=1S/C24H33ClN4O5.ClH/c25-19-6-4-17(5-7-19)23(32)28-20(24(33)34)14-27-22(31)18-2-1-13-29(15-18)21(30)8-3-16-9-11-26-12-10-16;/h4-7,16,18,20,26H,1-3,8-15H2,(H,27,31)(H,28,32)(H,33,34);1H/t18-,20+;/m1./s1. The van der Waals surface area contributed by atoms with Crippen LogP contribution < -0.4 is 16.0 Å². The molecule has 2 saturated heterocycles. The smallest absolute Gasteiger partial charge is 0.328 e. The molecule has 9 nitrogen and oxygen atoms in total. The SMILES string of the molecule is Cl.O=C(N[C@@H](CNC(=O)[C@@H]1CCCN(C(=O)CCC2CCNCC2)C1)C(=O)O)c1ccc(Cl)cc1. The second-order valence-corrected chi connectivity index (χ2v) is 9.46. The summed E-state index contributed by atoms with van der Waals surface area (Å²) in [6.45, 7) is 2.74. The molecule has 194 valence electrons. The first kappa shape index (κ1) is 28.9. The number of carboxylic acids is 1. The van der Waals surface area contributed by atoms with E-state index >= 15 is 0 Å². The summed E-state index contributed by atoms with van der Waals surface area (Å²) in [5.41, 5.74) is 0.271. The first-order chi connectivity index (χ1) is 16.3. The number of amides is 3. The van der Waals surface area contributed by atoms with Crippen molar-refractivity contribution in [1.82, 2.24) is 20.9 Å². The fourth-order valence-corrected chi connectivity index (χ4v) is 4.59. The summed E-state index contributed by atoms with van der Waals surface area (Å²) in [5, 5.41) is 18.3. The highest BCUT2D eigenvalue weighted by Crippen LogP contribution is 2.21. The zero-order chi connectivity index (χ0) is 24.5. The van der Waals surface area contributed by atoms with Crippen molar-refractivity contribution in [1.29, 1.82) is 0 Å². The highest BCUT2D eigenvalue weighted by atomic mass is 35.5. The van der Waals surface area contributed by atoms with Gasteiger partial charge in [0, 0.05) is 36.6 Å². The second kappa shape index (κ2) is 14.3. The van der Waals surface area contributed by atoms with Crippen molar-refractivity contribution in [3.05, 3.63) is 34.9 Å². The lowest BCUT2D eigenvalue weighted by Crippen LogP contribution is -2.51. The van der Waals surface area contributed by atoms with Crippen LogP contribution in [0.15, 0.2) is 24.3 Å². The number of carbonyl (C=O) groups excluding carboxylic acids is 3. The van der Waals surface area contributed by atoms with Gasteiger partial charge in [-0.1, -0.05) is 11.6 Å². The molecule has 2 aliphatic rings. The molecule has 0 aromatic heterocycles. The third kappa shape index (κ3) is 8.98. The predicted molar refractivity (Wildman–Crippen MR) is 135 cm³/mol. The van der Waals surface area contributed by atoms with Crippen LogP contribution in [0.5, 0.6) is 0 Å². The van der Waals surface area contributed by atoms with Crippen LogP contribution in [-0.4, -0.2) is 72.5 Å². The number of benzene rings is 1. The van der Waals surface area contributed by atoms with Gasteiger partial charge < -0.3 is 26.0 Å². The number of halogens is 2. The summed E-state index contributed by atoms with van der Waals surface area (Å²) in [6.07, 6.45) is 4.93. The van der Waals surface area contributed by atoms with Crippen molar-refractivity contribution in [3.8, 4) is 0 Å². The Balaban J connectivity index is 0.00000432. The van der Waals surface area contributed by atoms with Crippen molar-refractivity contribution in [3.63, 3.8) is 0 Å². The first-order valence-corrected chi connectivity index (χ1v) is 12.3. The lowest BCUT2D eigenvalue weighted by Gasteiger charge is -2.33. The van der Waals surface area contributed by atoms with Gasteiger partial charge in [-0.2, -0.15) is 0 Å². The monoisotopic (exact) mass is 528 g/mol. The van der Waals surface area contributed by atoms with Crippen molar-refractivity contribution < 1.29 is 24.3 Å². The molecule has 0 unspecified atom stereocenters. The molecule has 0 radical (unpaired) electrons. The fourth-order valence-electron chi connectivity index (χ4n) is 4.46. The maximum absolute atomic E-state index is 12.7. The third-order valence-corrected chi connectivity index (χ3v) is 6.81. The number of nitrogens with zero attached hydrogens (tertiary/aromatic N) is 1. The van der Waals surface area contributed by atoms with E-state index in [2.05, 4.69) is 16.0 Å². The minimum absolute atomic E-state index is 0. The summed E-state index contributed by atoms with van der Waals surface area (Å²) in [5.74, 6) is -1.86. The topological polar surface area (TPSA) is 128 Å². The summed E-state index contributed by atoms with van der Waals surface area (Å²) in [6, 6.07) is 4.79. The van der Waals surface area contributed by atoms with Crippen LogP contribution in [-0.2, 0) is 14.4 Å². The van der Waals surface area contributed by atoms with Crippen LogP contribution in [0.25, 0.3) is 0 Å². The molecule has 2 heterocycles. The number of nitrogens with one attached hydrogen (secondary N) is 3. The van der Waals surface area contributed by atoms with E-state index in [-0.39, 0.29) is 36.3 Å². The average molecular weight is 529 g/mol. The van der Waals surface area contributed by atoms with E-state index < -0.39 is 23.8 Å². The van der Waals surface area contributed by atoms with E-state index in [1.54, 1.807) is 4.90 Å². The normalized spacial score (nSPS) is 19.2. The minimum atomic E-state index is -1.28. The Bertz CT molecular complexity index is 877. The Labute approximate surface area is 216 Å². The molecule has 0 spiro atoms. The van der Waals surface area contributed by atoms with Gasteiger partial charge in [-0.15, -0.1) is 12.4 Å². The molecule has 2 atom stereocenters. The van der Waals surface area contributed by atoms with Gasteiger partial charge in [0.05, 0.1) is 5.92 Å². The molecule has 11 heteroatoms. The average Bonchev–Trinajstić information content (AvgIpc) is 2.85. The van der Waals surface area contributed by atoms with Gasteiger partial charge in [-0.3, -0.25) is 14.4 Å². The Kier molecular flexibility index (Phi) is 11.8. The largest absolute Gasteiger partial charge is 0.480 e. The number of carbonyl (C=O) groups is 4. The van der Waals surface area contributed by atoms with Crippen molar-refractivity contribution in [2.75, 3.05) is 32.7 Å². The Hall–Kier alpha value is -2.36. The number of likely N-dealkylation sites (tertiary alicyclic amines) is 1. The Morgan fingerprint density at radius 2 is 1.80 bits per heavy atom. The van der Waals surface area contributed by atoms with Crippen molar-refractivity contribution >= 4 is 47.7 Å². The van der Waals surface area contributed by atoms with Crippen molar-refractivity contribution in [2.24, 2.45) is 11.8 Å².